The van der Waals surface area contributed by atoms with Gasteiger partial charge in [-0.3, -0.25) is 9.69 Å². The second kappa shape index (κ2) is 12.2. The summed E-state index contributed by atoms with van der Waals surface area (Å²) in [5, 5.41) is 9.61. The number of nitrogens with zero attached hydrogens (tertiary/aromatic N) is 1. The van der Waals surface area contributed by atoms with Crippen LogP contribution >= 0.6 is 0 Å². The second-order valence-electron chi connectivity index (χ2n) is 9.52. The summed E-state index contributed by atoms with van der Waals surface area (Å²) in [6.07, 6.45) is 3.06. The molecule has 1 aliphatic heterocycles. The number of ether oxygens (including phenoxy) is 3. The molecule has 2 aromatic rings. The summed E-state index contributed by atoms with van der Waals surface area (Å²) in [6, 6.07) is 5.44. The van der Waals surface area contributed by atoms with Crippen molar-refractivity contribution in [3.8, 4) is 11.5 Å². The average molecular weight is 496 g/mol. The first kappa shape index (κ1) is 27.4. The largest absolute Gasteiger partial charge is 0.492 e. The van der Waals surface area contributed by atoms with Gasteiger partial charge in [0.05, 0.1) is 24.9 Å². The fourth-order valence-electron chi connectivity index (χ4n) is 4.53. The second-order valence-corrected chi connectivity index (χ2v) is 9.52. The van der Waals surface area contributed by atoms with Crippen molar-refractivity contribution in [2.75, 3.05) is 39.5 Å². The van der Waals surface area contributed by atoms with Gasteiger partial charge < -0.3 is 19.3 Å². The maximum atomic E-state index is 13.1. The molecular weight excluding hydrogens is 458 g/mol. The van der Waals surface area contributed by atoms with Crippen LogP contribution in [0.2, 0.25) is 0 Å². The summed E-state index contributed by atoms with van der Waals surface area (Å²) >= 11 is 0. The third kappa shape index (κ3) is 6.74. The van der Waals surface area contributed by atoms with Gasteiger partial charge in [-0.1, -0.05) is 0 Å². The molecule has 1 fully saturated rings. The van der Waals surface area contributed by atoms with Gasteiger partial charge in [0.1, 0.15) is 18.1 Å². The van der Waals surface area contributed by atoms with E-state index in [2.05, 4.69) is 4.90 Å². The molecule has 0 spiro atoms. The lowest BCUT2D eigenvalue weighted by atomic mass is 9.96. The van der Waals surface area contributed by atoms with E-state index >= 15 is 0 Å². The van der Waals surface area contributed by atoms with Gasteiger partial charge in [0.15, 0.2) is 5.78 Å². The SMILES string of the molecule is Cc1cc(C(=O)C=Cc2cc(C)c(C(=O)O)c(C)c2OC(C)C)cc(C)c1OCCN1CCOCC1. The monoisotopic (exact) mass is 495 g/mol. The average Bonchev–Trinajstić information content (AvgIpc) is 2.81. The first-order chi connectivity index (χ1) is 17.1. The third-order valence-corrected chi connectivity index (χ3v) is 6.23. The van der Waals surface area contributed by atoms with Crippen molar-refractivity contribution >= 4 is 17.8 Å². The van der Waals surface area contributed by atoms with Crippen molar-refractivity contribution in [2.24, 2.45) is 0 Å². The number of morpholine rings is 1. The van der Waals surface area contributed by atoms with E-state index in [1.54, 1.807) is 26.0 Å². The van der Waals surface area contributed by atoms with Crippen LogP contribution in [0.25, 0.3) is 6.08 Å². The van der Waals surface area contributed by atoms with Crippen LogP contribution in [0, 0.1) is 27.7 Å². The number of rotatable bonds is 10. The Hall–Kier alpha value is -3.16. The Morgan fingerprint density at radius 3 is 2.25 bits per heavy atom. The maximum Gasteiger partial charge on any atom is 0.336 e. The summed E-state index contributed by atoms with van der Waals surface area (Å²) in [6.45, 7) is 15.9. The first-order valence-electron chi connectivity index (χ1n) is 12.4. The first-order valence-corrected chi connectivity index (χ1v) is 12.4. The molecule has 0 atom stereocenters. The molecule has 0 amide bonds. The molecule has 1 saturated heterocycles. The van der Waals surface area contributed by atoms with Crippen LogP contribution in [-0.2, 0) is 4.74 Å². The zero-order valence-corrected chi connectivity index (χ0v) is 22.1. The number of aromatic carboxylic acids is 1. The van der Waals surface area contributed by atoms with Gasteiger partial charge in [0.25, 0.3) is 0 Å². The Morgan fingerprint density at radius 1 is 1.03 bits per heavy atom. The molecule has 36 heavy (non-hydrogen) atoms. The predicted molar refractivity (Wildman–Crippen MR) is 141 cm³/mol. The lowest BCUT2D eigenvalue weighted by Gasteiger charge is -2.26. The minimum atomic E-state index is -0.997. The molecule has 0 unspecified atom stereocenters. The molecule has 1 aliphatic rings. The maximum absolute atomic E-state index is 13.1. The van der Waals surface area contributed by atoms with Gasteiger partial charge in [0.2, 0.25) is 0 Å². The summed E-state index contributed by atoms with van der Waals surface area (Å²) in [7, 11) is 0. The Bertz CT molecular complexity index is 1120. The van der Waals surface area contributed by atoms with Crippen LogP contribution in [0.15, 0.2) is 24.3 Å². The molecular formula is C29H37NO6. The molecule has 0 saturated carbocycles. The van der Waals surface area contributed by atoms with Crippen molar-refractivity contribution in [3.63, 3.8) is 0 Å². The molecule has 194 valence electrons. The number of carboxylic acid groups (broad SMARTS) is 1. The molecule has 2 aromatic carbocycles. The van der Waals surface area contributed by atoms with E-state index in [0.29, 0.717) is 34.6 Å². The number of benzene rings is 2. The van der Waals surface area contributed by atoms with Crippen molar-refractivity contribution in [1.82, 2.24) is 4.90 Å². The molecule has 0 aliphatic carbocycles. The molecule has 0 aromatic heterocycles. The van der Waals surface area contributed by atoms with Crippen molar-refractivity contribution in [1.29, 1.82) is 0 Å². The van der Waals surface area contributed by atoms with Crippen LogP contribution in [0.3, 0.4) is 0 Å². The highest BCUT2D eigenvalue weighted by atomic mass is 16.5. The molecule has 1 N–H and O–H groups in total. The highest BCUT2D eigenvalue weighted by Crippen LogP contribution is 2.32. The van der Waals surface area contributed by atoms with E-state index in [1.807, 2.05) is 39.8 Å². The van der Waals surface area contributed by atoms with E-state index in [-0.39, 0.29) is 17.5 Å². The molecule has 1 heterocycles. The van der Waals surface area contributed by atoms with Crippen LogP contribution < -0.4 is 9.47 Å². The van der Waals surface area contributed by atoms with Crippen LogP contribution in [0.1, 0.15) is 62.4 Å². The number of hydrogen-bond acceptors (Lipinski definition) is 6. The summed E-state index contributed by atoms with van der Waals surface area (Å²) in [5.41, 5.74) is 4.47. The fraction of sp³-hybridized carbons (Fsp3) is 0.448. The van der Waals surface area contributed by atoms with E-state index in [0.717, 1.165) is 49.7 Å². The smallest absolute Gasteiger partial charge is 0.336 e. The number of hydrogen-bond donors (Lipinski definition) is 1. The van der Waals surface area contributed by atoms with Gasteiger partial charge in [0, 0.05) is 36.3 Å². The van der Waals surface area contributed by atoms with Crippen LogP contribution in [0.5, 0.6) is 11.5 Å². The number of carboxylic acids is 1. The molecule has 7 heteroatoms. The summed E-state index contributed by atoms with van der Waals surface area (Å²) < 4.78 is 17.4. The van der Waals surface area contributed by atoms with Crippen LogP contribution in [0.4, 0.5) is 0 Å². The summed E-state index contributed by atoms with van der Waals surface area (Å²) in [5.74, 6) is 0.151. The Morgan fingerprint density at radius 2 is 1.67 bits per heavy atom. The molecule has 0 bridgehead atoms. The van der Waals surface area contributed by atoms with Gasteiger partial charge in [-0.25, -0.2) is 4.79 Å². The van der Waals surface area contributed by atoms with E-state index < -0.39 is 5.97 Å². The number of ketones is 1. The predicted octanol–water partition coefficient (Wildman–Crippen LogP) is 5.01. The van der Waals surface area contributed by atoms with Crippen molar-refractivity contribution < 1.29 is 28.9 Å². The topological polar surface area (TPSA) is 85.3 Å². The lowest BCUT2D eigenvalue weighted by Crippen LogP contribution is -2.38. The molecule has 7 nitrogen and oxygen atoms in total. The Kier molecular flexibility index (Phi) is 9.29. The number of carbonyl (C=O) groups excluding carboxylic acids is 1. The number of aryl methyl sites for hydroxylation is 3. The van der Waals surface area contributed by atoms with Gasteiger partial charge in [-0.15, -0.1) is 0 Å². The standard InChI is InChI=1S/C29H37NO6/c1-18(2)36-28-22(6)26(29(32)33)19(3)15-23(28)7-8-25(31)24-16-20(4)27(21(5)17-24)35-14-11-30-9-12-34-13-10-30/h7-8,15-18H,9-14H2,1-6H3,(H,32,33). The normalized spacial score (nSPS) is 14.4. The zero-order valence-electron chi connectivity index (χ0n) is 22.1. The van der Waals surface area contributed by atoms with Gasteiger partial charge in [-0.05, 0) is 88.6 Å². The van der Waals surface area contributed by atoms with Gasteiger partial charge >= 0.3 is 5.97 Å². The highest BCUT2D eigenvalue weighted by molar-refractivity contribution is 6.07. The Balaban J connectivity index is 1.78. The van der Waals surface area contributed by atoms with Crippen LogP contribution in [-0.4, -0.2) is 67.3 Å². The minimum Gasteiger partial charge on any atom is -0.492 e. The van der Waals surface area contributed by atoms with E-state index in [1.165, 1.54) is 6.08 Å². The number of allylic oxidation sites excluding steroid dienone is 1. The van der Waals surface area contributed by atoms with Gasteiger partial charge in [-0.2, -0.15) is 0 Å². The van der Waals surface area contributed by atoms with Crippen molar-refractivity contribution in [2.45, 2.75) is 47.6 Å². The molecule has 3 rings (SSSR count). The van der Waals surface area contributed by atoms with E-state index in [4.69, 9.17) is 14.2 Å². The minimum absolute atomic E-state index is 0.142. The summed E-state index contributed by atoms with van der Waals surface area (Å²) in [4.78, 5) is 27.1. The lowest BCUT2D eigenvalue weighted by molar-refractivity contribution is 0.0322. The zero-order chi connectivity index (χ0) is 26.4. The fourth-order valence-corrected chi connectivity index (χ4v) is 4.53. The highest BCUT2D eigenvalue weighted by Gasteiger charge is 2.19. The van der Waals surface area contributed by atoms with Crippen molar-refractivity contribution in [3.05, 3.63) is 63.2 Å². The van der Waals surface area contributed by atoms with E-state index in [9.17, 15) is 14.7 Å². The quantitative estimate of drug-likeness (QED) is 0.366. The molecule has 0 radical (unpaired) electrons. The number of carbonyl (C=O) groups is 2. The third-order valence-electron chi connectivity index (χ3n) is 6.23. The Labute approximate surface area is 213 Å².